The first-order valence-electron chi connectivity index (χ1n) is 6.72. The molecule has 5 heteroatoms. The molecular formula is C16H19NO3S. The fraction of sp³-hybridized carbons (Fsp3) is 0.250. The summed E-state index contributed by atoms with van der Waals surface area (Å²) < 4.78 is 27.1. The third-order valence-electron chi connectivity index (χ3n) is 3.24. The molecule has 2 aromatic carbocycles. The van der Waals surface area contributed by atoms with Crippen molar-refractivity contribution in [2.75, 3.05) is 0 Å². The highest BCUT2D eigenvalue weighted by molar-refractivity contribution is 7.89. The lowest BCUT2D eigenvalue weighted by atomic mass is 10.1. The zero-order chi connectivity index (χ0) is 15.5. The van der Waals surface area contributed by atoms with Crippen molar-refractivity contribution < 1.29 is 13.5 Å². The third kappa shape index (κ3) is 4.14. The number of aryl methyl sites for hydroxylation is 1. The van der Waals surface area contributed by atoms with Crippen LogP contribution in [0.4, 0.5) is 0 Å². The molecule has 21 heavy (non-hydrogen) atoms. The Morgan fingerprint density at radius 2 is 1.81 bits per heavy atom. The summed E-state index contributed by atoms with van der Waals surface area (Å²) in [7, 11) is -3.59. The van der Waals surface area contributed by atoms with Gasteiger partial charge in [0.2, 0.25) is 10.0 Å². The molecule has 0 fully saturated rings. The minimum absolute atomic E-state index is 0.160. The van der Waals surface area contributed by atoms with E-state index in [1.54, 1.807) is 19.1 Å². The average Bonchev–Trinajstić information content (AvgIpc) is 2.47. The van der Waals surface area contributed by atoms with Crippen molar-refractivity contribution in [2.45, 2.75) is 31.4 Å². The molecule has 2 rings (SSSR count). The number of benzene rings is 2. The highest BCUT2D eigenvalue weighted by Gasteiger charge is 2.15. The summed E-state index contributed by atoms with van der Waals surface area (Å²) in [5.41, 5.74) is 2.61. The predicted octanol–water partition coefficient (Wildman–Crippen LogP) is 2.53. The molecule has 0 saturated heterocycles. The second-order valence-corrected chi connectivity index (χ2v) is 6.83. The molecule has 0 aromatic heterocycles. The number of nitrogens with one attached hydrogen (secondary N) is 1. The average molecular weight is 305 g/mol. The van der Waals surface area contributed by atoms with Crippen molar-refractivity contribution in [1.82, 2.24) is 4.72 Å². The lowest BCUT2D eigenvalue weighted by Gasteiger charge is -2.10. The predicted molar refractivity (Wildman–Crippen MR) is 82.3 cm³/mol. The summed E-state index contributed by atoms with van der Waals surface area (Å²) in [5, 5.41) is 9.53. The Labute approximate surface area is 125 Å². The standard InChI is InChI=1S/C16H19NO3S/c1-12-6-8-14(9-7-12)11-17-21(19,20)16-5-3-4-15(10-16)13(2)18/h3-10,13,17-18H,11H2,1-2H3. The fourth-order valence-electron chi connectivity index (χ4n) is 1.91. The van der Waals surface area contributed by atoms with Gasteiger partial charge in [0.1, 0.15) is 0 Å². The number of rotatable bonds is 5. The Bertz CT molecular complexity index is 707. The maximum atomic E-state index is 12.3. The van der Waals surface area contributed by atoms with Gasteiger partial charge in [0.25, 0.3) is 0 Å². The van der Waals surface area contributed by atoms with Crippen molar-refractivity contribution >= 4 is 10.0 Å². The zero-order valence-electron chi connectivity index (χ0n) is 12.1. The minimum Gasteiger partial charge on any atom is -0.389 e. The van der Waals surface area contributed by atoms with Gasteiger partial charge in [-0.05, 0) is 37.1 Å². The van der Waals surface area contributed by atoms with Crippen LogP contribution in [0.2, 0.25) is 0 Å². The summed E-state index contributed by atoms with van der Waals surface area (Å²) >= 11 is 0. The van der Waals surface area contributed by atoms with Gasteiger partial charge in [-0.25, -0.2) is 13.1 Å². The molecule has 1 unspecified atom stereocenters. The van der Waals surface area contributed by atoms with E-state index in [0.29, 0.717) is 5.56 Å². The first kappa shape index (κ1) is 15.7. The van der Waals surface area contributed by atoms with Crippen LogP contribution in [0.25, 0.3) is 0 Å². The lowest BCUT2D eigenvalue weighted by Crippen LogP contribution is -2.23. The first-order chi connectivity index (χ1) is 9.88. The normalized spacial score (nSPS) is 13.1. The molecule has 0 radical (unpaired) electrons. The second-order valence-electron chi connectivity index (χ2n) is 5.06. The molecule has 0 heterocycles. The van der Waals surface area contributed by atoms with E-state index in [9.17, 15) is 13.5 Å². The van der Waals surface area contributed by atoms with Gasteiger partial charge in [0.15, 0.2) is 0 Å². The van der Waals surface area contributed by atoms with Crippen LogP contribution in [0.15, 0.2) is 53.4 Å². The Hall–Kier alpha value is -1.69. The Kier molecular flexibility index (Phi) is 4.77. The molecule has 0 bridgehead atoms. The minimum atomic E-state index is -3.59. The van der Waals surface area contributed by atoms with E-state index >= 15 is 0 Å². The van der Waals surface area contributed by atoms with E-state index in [-0.39, 0.29) is 11.4 Å². The molecule has 0 amide bonds. The van der Waals surface area contributed by atoms with Gasteiger partial charge in [-0.15, -0.1) is 0 Å². The maximum absolute atomic E-state index is 12.3. The van der Waals surface area contributed by atoms with E-state index in [1.807, 2.05) is 31.2 Å². The molecule has 0 aliphatic rings. The first-order valence-corrected chi connectivity index (χ1v) is 8.20. The van der Waals surface area contributed by atoms with Gasteiger partial charge in [-0.2, -0.15) is 0 Å². The molecule has 1 atom stereocenters. The number of aliphatic hydroxyl groups is 1. The van der Waals surface area contributed by atoms with Gasteiger partial charge < -0.3 is 5.11 Å². The van der Waals surface area contributed by atoms with Crippen molar-refractivity contribution in [1.29, 1.82) is 0 Å². The molecular weight excluding hydrogens is 286 g/mol. The Morgan fingerprint density at radius 1 is 1.14 bits per heavy atom. The van der Waals surface area contributed by atoms with Gasteiger partial charge in [-0.1, -0.05) is 42.0 Å². The van der Waals surface area contributed by atoms with Crippen molar-refractivity contribution in [3.05, 3.63) is 65.2 Å². The van der Waals surface area contributed by atoms with Crippen LogP contribution in [0.1, 0.15) is 29.7 Å². The van der Waals surface area contributed by atoms with Crippen LogP contribution in [-0.2, 0) is 16.6 Å². The SMILES string of the molecule is Cc1ccc(CNS(=O)(=O)c2cccc(C(C)O)c2)cc1. The number of aliphatic hydroxyl groups excluding tert-OH is 1. The van der Waals surface area contributed by atoms with Gasteiger partial charge in [-0.3, -0.25) is 0 Å². The molecule has 0 spiro atoms. The summed E-state index contributed by atoms with van der Waals surface area (Å²) in [4.78, 5) is 0.160. The van der Waals surface area contributed by atoms with Crippen LogP contribution < -0.4 is 4.72 Å². The van der Waals surface area contributed by atoms with Crippen LogP contribution in [0, 0.1) is 6.92 Å². The van der Waals surface area contributed by atoms with Crippen LogP contribution in [-0.4, -0.2) is 13.5 Å². The highest BCUT2D eigenvalue weighted by atomic mass is 32.2. The van der Waals surface area contributed by atoms with E-state index in [4.69, 9.17) is 0 Å². The maximum Gasteiger partial charge on any atom is 0.240 e. The van der Waals surface area contributed by atoms with E-state index in [2.05, 4.69) is 4.72 Å². The molecule has 112 valence electrons. The van der Waals surface area contributed by atoms with Crippen molar-refractivity contribution in [2.24, 2.45) is 0 Å². The monoisotopic (exact) mass is 305 g/mol. The number of sulfonamides is 1. The summed E-state index contributed by atoms with van der Waals surface area (Å²) in [6, 6.07) is 14.0. The second kappa shape index (κ2) is 6.39. The Balaban J connectivity index is 2.14. The van der Waals surface area contributed by atoms with Crippen LogP contribution in [0.3, 0.4) is 0 Å². The number of hydrogen-bond acceptors (Lipinski definition) is 3. The fourth-order valence-corrected chi connectivity index (χ4v) is 2.98. The van der Waals surface area contributed by atoms with E-state index < -0.39 is 16.1 Å². The topological polar surface area (TPSA) is 66.4 Å². The van der Waals surface area contributed by atoms with Gasteiger partial charge >= 0.3 is 0 Å². The molecule has 2 N–H and O–H groups in total. The molecule has 4 nitrogen and oxygen atoms in total. The van der Waals surface area contributed by atoms with Crippen LogP contribution in [0.5, 0.6) is 0 Å². The highest BCUT2D eigenvalue weighted by Crippen LogP contribution is 2.17. The zero-order valence-corrected chi connectivity index (χ0v) is 12.9. The van der Waals surface area contributed by atoms with Gasteiger partial charge in [0, 0.05) is 6.54 Å². The largest absolute Gasteiger partial charge is 0.389 e. The van der Waals surface area contributed by atoms with E-state index in [1.165, 1.54) is 12.1 Å². The van der Waals surface area contributed by atoms with Crippen molar-refractivity contribution in [3.63, 3.8) is 0 Å². The summed E-state index contributed by atoms with van der Waals surface area (Å²) in [6.45, 7) is 3.82. The summed E-state index contributed by atoms with van der Waals surface area (Å²) in [5.74, 6) is 0. The third-order valence-corrected chi connectivity index (χ3v) is 4.64. The molecule has 0 saturated carbocycles. The Morgan fingerprint density at radius 3 is 2.43 bits per heavy atom. The smallest absolute Gasteiger partial charge is 0.240 e. The molecule has 2 aromatic rings. The molecule has 0 aliphatic heterocycles. The quantitative estimate of drug-likeness (QED) is 0.892. The van der Waals surface area contributed by atoms with Crippen LogP contribution >= 0.6 is 0 Å². The summed E-state index contributed by atoms with van der Waals surface area (Å²) in [6.07, 6.45) is -0.697. The van der Waals surface area contributed by atoms with Gasteiger partial charge in [0.05, 0.1) is 11.0 Å². The van der Waals surface area contributed by atoms with Crippen molar-refractivity contribution in [3.8, 4) is 0 Å². The molecule has 0 aliphatic carbocycles. The lowest BCUT2D eigenvalue weighted by molar-refractivity contribution is 0.199. The van der Waals surface area contributed by atoms with E-state index in [0.717, 1.165) is 11.1 Å². The number of hydrogen-bond donors (Lipinski definition) is 2.